The predicted molar refractivity (Wildman–Crippen MR) is 59.3 cm³/mol. The fraction of sp³-hybridized carbons (Fsp3) is 0.250. The van der Waals surface area contributed by atoms with E-state index in [-0.39, 0.29) is 5.56 Å². The van der Waals surface area contributed by atoms with Crippen molar-refractivity contribution in [1.82, 2.24) is 4.98 Å². The minimum atomic E-state index is -4.58. The van der Waals surface area contributed by atoms with E-state index in [4.69, 9.17) is 5.11 Å². The maximum atomic E-state index is 12.9. The molecule has 0 unspecified atom stereocenters. The molecule has 0 saturated heterocycles. The fourth-order valence-electron chi connectivity index (χ4n) is 1.96. The van der Waals surface area contributed by atoms with Gasteiger partial charge in [0.15, 0.2) is 0 Å². The van der Waals surface area contributed by atoms with Gasteiger partial charge in [0.05, 0.1) is 12.3 Å². The van der Waals surface area contributed by atoms with Crippen LogP contribution in [0.4, 0.5) is 13.2 Å². The molecule has 0 aliphatic rings. The van der Waals surface area contributed by atoms with Gasteiger partial charge in [0.1, 0.15) is 0 Å². The van der Waals surface area contributed by atoms with E-state index in [1.54, 1.807) is 24.3 Å². The summed E-state index contributed by atoms with van der Waals surface area (Å²) in [4.78, 5) is 13.3. The number of carboxylic acids is 1. The molecule has 0 radical (unpaired) electrons. The predicted octanol–water partition coefficient (Wildman–Crippen LogP) is 3.29. The fourth-order valence-corrected chi connectivity index (χ4v) is 1.96. The Morgan fingerprint density at radius 3 is 2.61 bits per heavy atom. The zero-order valence-electron chi connectivity index (χ0n) is 9.16. The Bertz CT molecular complexity index is 574. The molecule has 2 aromatic rings. The van der Waals surface area contributed by atoms with Crippen LogP contribution in [0.3, 0.4) is 0 Å². The molecule has 0 aliphatic carbocycles. The lowest BCUT2D eigenvalue weighted by Gasteiger charge is -2.18. The first-order valence-corrected chi connectivity index (χ1v) is 5.24. The number of rotatable bonds is 3. The second kappa shape index (κ2) is 4.36. The first-order chi connectivity index (χ1) is 8.39. The molecule has 0 saturated carbocycles. The minimum absolute atomic E-state index is 0.0273. The first-order valence-electron chi connectivity index (χ1n) is 5.24. The average Bonchev–Trinajstić information content (AvgIpc) is 2.67. The highest BCUT2D eigenvalue weighted by Crippen LogP contribution is 2.40. The molecule has 0 amide bonds. The molecule has 2 rings (SSSR count). The second-order valence-corrected chi connectivity index (χ2v) is 3.98. The highest BCUT2D eigenvalue weighted by molar-refractivity contribution is 5.84. The van der Waals surface area contributed by atoms with E-state index in [0.29, 0.717) is 10.9 Å². The number of alkyl halides is 3. The van der Waals surface area contributed by atoms with Gasteiger partial charge in [0.2, 0.25) is 0 Å². The van der Waals surface area contributed by atoms with Gasteiger partial charge >= 0.3 is 12.1 Å². The summed E-state index contributed by atoms with van der Waals surface area (Å²) < 4.78 is 38.7. The topological polar surface area (TPSA) is 53.1 Å². The van der Waals surface area contributed by atoms with Gasteiger partial charge in [-0.25, -0.2) is 0 Å². The summed E-state index contributed by atoms with van der Waals surface area (Å²) in [6.07, 6.45) is -4.32. The Hall–Kier alpha value is -1.98. The molecule has 0 bridgehead atoms. The number of carbonyl (C=O) groups is 1. The van der Waals surface area contributed by atoms with Crippen molar-refractivity contribution in [2.24, 2.45) is 0 Å². The number of fused-ring (bicyclic) bond motifs is 1. The summed E-state index contributed by atoms with van der Waals surface area (Å²) in [6.45, 7) is 0. The number of aliphatic carboxylic acids is 1. The summed E-state index contributed by atoms with van der Waals surface area (Å²) in [7, 11) is 0. The lowest BCUT2D eigenvalue weighted by atomic mass is 9.95. The molecule has 3 nitrogen and oxygen atoms in total. The molecular formula is C12H10F3NO2. The van der Waals surface area contributed by atoms with E-state index in [1.807, 2.05) is 0 Å². The maximum absolute atomic E-state index is 12.9. The van der Waals surface area contributed by atoms with E-state index in [1.165, 1.54) is 6.20 Å². The lowest BCUT2D eigenvalue weighted by molar-refractivity contribution is -0.163. The first kappa shape index (κ1) is 12.5. The number of carboxylic acid groups (broad SMARTS) is 1. The Morgan fingerprint density at radius 1 is 1.33 bits per heavy atom. The second-order valence-electron chi connectivity index (χ2n) is 3.98. The van der Waals surface area contributed by atoms with Crippen molar-refractivity contribution in [1.29, 1.82) is 0 Å². The lowest BCUT2D eigenvalue weighted by Crippen LogP contribution is -2.23. The van der Waals surface area contributed by atoms with Crippen LogP contribution in [0.15, 0.2) is 30.5 Å². The van der Waals surface area contributed by atoms with Gasteiger partial charge in [-0.05, 0) is 11.6 Å². The average molecular weight is 257 g/mol. The third-order valence-electron chi connectivity index (χ3n) is 2.77. The van der Waals surface area contributed by atoms with E-state index < -0.39 is 24.5 Å². The van der Waals surface area contributed by atoms with Crippen LogP contribution in [-0.2, 0) is 4.79 Å². The number of aromatic amines is 1. The number of benzene rings is 1. The standard InChI is InChI=1S/C12H10F3NO2/c13-12(14,15)9(5-11(17)18)8-6-16-10-4-2-1-3-7(8)10/h1-4,6,9,16H,5H2,(H,17,18)/t9-/m0/s1. The highest BCUT2D eigenvalue weighted by Gasteiger charge is 2.43. The molecule has 1 aromatic heterocycles. The van der Waals surface area contributed by atoms with Gasteiger partial charge in [-0.2, -0.15) is 13.2 Å². The number of halogens is 3. The third-order valence-corrected chi connectivity index (χ3v) is 2.77. The zero-order valence-corrected chi connectivity index (χ0v) is 9.16. The Labute approximate surface area is 100 Å². The van der Waals surface area contributed by atoms with E-state index in [0.717, 1.165) is 0 Å². The van der Waals surface area contributed by atoms with Crippen LogP contribution in [0.5, 0.6) is 0 Å². The number of nitrogens with one attached hydrogen (secondary N) is 1. The largest absolute Gasteiger partial charge is 0.481 e. The Morgan fingerprint density at radius 2 is 2.00 bits per heavy atom. The van der Waals surface area contributed by atoms with Gasteiger partial charge < -0.3 is 10.1 Å². The van der Waals surface area contributed by atoms with Crippen LogP contribution in [0.25, 0.3) is 10.9 Å². The monoisotopic (exact) mass is 257 g/mol. The van der Waals surface area contributed by atoms with Crippen molar-refractivity contribution in [3.8, 4) is 0 Å². The molecular weight excluding hydrogens is 247 g/mol. The normalized spacial score (nSPS) is 13.7. The molecule has 0 fully saturated rings. The van der Waals surface area contributed by atoms with E-state index in [9.17, 15) is 18.0 Å². The molecule has 1 heterocycles. The zero-order chi connectivity index (χ0) is 13.3. The number of H-pyrrole nitrogens is 1. The molecule has 0 aliphatic heterocycles. The molecule has 18 heavy (non-hydrogen) atoms. The number of para-hydroxylation sites is 1. The van der Waals surface area contributed by atoms with Crippen molar-refractivity contribution >= 4 is 16.9 Å². The summed E-state index contributed by atoms with van der Waals surface area (Å²) in [5, 5.41) is 9.01. The smallest absolute Gasteiger partial charge is 0.396 e. The summed E-state index contributed by atoms with van der Waals surface area (Å²) in [5.41, 5.74) is 0.535. The molecule has 2 N–H and O–H groups in total. The van der Waals surface area contributed by atoms with E-state index in [2.05, 4.69) is 4.98 Å². The van der Waals surface area contributed by atoms with E-state index >= 15 is 0 Å². The van der Waals surface area contributed by atoms with Crippen LogP contribution in [0.2, 0.25) is 0 Å². The molecule has 0 spiro atoms. The van der Waals surface area contributed by atoms with Crippen LogP contribution >= 0.6 is 0 Å². The van der Waals surface area contributed by atoms with Gasteiger partial charge in [0, 0.05) is 17.1 Å². The van der Waals surface area contributed by atoms with Crippen molar-refractivity contribution < 1.29 is 23.1 Å². The molecule has 1 atom stereocenters. The molecule has 1 aromatic carbocycles. The highest BCUT2D eigenvalue weighted by atomic mass is 19.4. The van der Waals surface area contributed by atoms with Crippen LogP contribution in [0.1, 0.15) is 17.9 Å². The van der Waals surface area contributed by atoms with Crippen molar-refractivity contribution in [3.63, 3.8) is 0 Å². The van der Waals surface area contributed by atoms with Gasteiger partial charge in [-0.3, -0.25) is 4.79 Å². The number of hydrogen-bond acceptors (Lipinski definition) is 1. The minimum Gasteiger partial charge on any atom is -0.481 e. The van der Waals surface area contributed by atoms with Crippen LogP contribution in [0, 0.1) is 0 Å². The molecule has 96 valence electrons. The quantitative estimate of drug-likeness (QED) is 0.886. The van der Waals surface area contributed by atoms with Gasteiger partial charge in [0.25, 0.3) is 0 Å². The number of hydrogen-bond donors (Lipinski definition) is 2. The Balaban J connectivity index is 2.51. The summed E-state index contributed by atoms with van der Waals surface area (Å²) >= 11 is 0. The maximum Gasteiger partial charge on any atom is 0.396 e. The van der Waals surface area contributed by atoms with Gasteiger partial charge in [-0.15, -0.1) is 0 Å². The van der Waals surface area contributed by atoms with Crippen molar-refractivity contribution in [3.05, 3.63) is 36.0 Å². The third kappa shape index (κ3) is 2.32. The van der Waals surface area contributed by atoms with Gasteiger partial charge in [-0.1, -0.05) is 18.2 Å². The molecule has 6 heteroatoms. The summed E-state index contributed by atoms with van der Waals surface area (Å²) in [5.74, 6) is -3.46. The van der Waals surface area contributed by atoms with Crippen LogP contribution in [-0.4, -0.2) is 22.2 Å². The van der Waals surface area contributed by atoms with Crippen molar-refractivity contribution in [2.45, 2.75) is 18.5 Å². The SMILES string of the molecule is O=C(O)C[C@@H](c1c[nH]c2ccccc12)C(F)(F)F. The Kier molecular flexibility index (Phi) is 3.02. The van der Waals surface area contributed by atoms with Crippen molar-refractivity contribution in [2.75, 3.05) is 0 Å². The van der Waals surface area contributed by atoms with Crippen LogP contribution < -0.4 is 0 Å². The number of aromatic nitrogens is 1. The summed E-state index contributed by atoms with van der Waals surface area (Å²) in [6, 6.07) is 6.51.